The number of aryl methyl sites for hydroxylation is 2. The van der Waals surface area contributed by atoms with Gasteiger partial charge in [0.2, 0.25) is 5.88 Å². The third-order valence-electron chi connectivity index (χ3n) is 3.25. The summed E-state index contributed by atoms with van der Waals surface area (Å²) < 4.78 is 6.99. The van der Waals surface area contributed by atoms with Gasteiger partial charge in [-0.15, -0.1) is 5.10 Å². The van der Waals surface area contributed by atoms with Gasteiger partial charge in [-0.3, -0.25) is 4.68 Å². The molecule has 0 saturated heterocycles. The van der Waals surface area contributed by atoms with Crippen molar-refractivity contribution in [1.29, 1.82) is 0 Å². The number of aromatic nitrogens is 4. The Bertz CT molecular complexity index is 549. The van der Waals surface area contributed by atoms with E-state index >= 15 is 0 Å². The summed E-state index contributed by atoms with van der Waals surface area (Å²) >= 11 is 0. The van der Waals surface area contributed by atoms with E-state index in [1.807, 2.05) is 10.7 Å². The van der Waals surface area contributed by atoms with Crippen LogP contribution in [-0.2, 0) is 19.4 Å². The van der Waals surface area contributed by atoms with Crippen LogP contribution in [-0.4, -0.2) is 27.1 Å². The molecular weight excluding hydrogens is 254 g/mol. The maximum atomic E-state index is 6.21. The van der Waals surface area contributed by atoms with Gasteiger partial charge in [-0.1, -0.05) is 6.92 Å². The molecule has 0 aliphatic rings. The fourth-order valence-electron chi connectivity index (χ4n) is 2.09. The molecule has 2 aromatic rings. The van der Waals surface area contributed by atoms with E-state index in [0.717, 1.165) is 30.0 Å². The van der Waals surface area contributed by atoms with Crippen LogP contribution in [0.2, 0.25) is 0 Å². The van der Waals surface area contributed by atoms with E-state index in [4.69, 9.17) is 10.5 Å². The molecule has 0 amide bonds. The minimum absolute atomic E-state index is 0.194. The van der Waals surface area contributed by atoms with Gasteiger partial charge < -0.3 is 10.5 Å². The summed E-state index contributed by atoms with van der Waals surface area (Å²) in [7, 11) is 1.57. The van der Waals surface area contributed by atoms with E-state index in [-0.39, 0.29) is 6.04 Å². The van der Waals surface area contributed by atoms with Crippen LogP contribution < -0.4 is 10.5 Å². The average molecular weight is 275 g/mol. The lowest BCUT2D eigenvalue weighted by molar-refractivity contribution is 0.390. The van der Waals surface area contributed by atoms with Gasteiger partial charge in [-0.2, -0.15) is 10.2 Å². The summed E-state index contributed by atoms with van der Waals surface area (Å²) in [4.78, 5) is 0. The van der Waals surface area contributed by atoms with Crippen LogP contribution in [0, 0.1) is 0 Å². The maximum Gasteiger partial charge on any atom is 0.233 e. The Labute approximate surface area is 119 Å². The van der Waals surface area contributed by atoms with Gasteiger partial charge in [0.15, 0.2) is 0 Å². The van der Waals surface area contributed by atoms with Crippen LogP contribution >= 0.6 is 0 Å². The monoisotopic (exact) mass is 275 g/mol. The van der Waals surface area contributed by atoms with Gasteiger partial charge in [0.1, 0.15) is 0 Å². The molecule has 2 heterocycles. The van der Waals surface area contributed by atoms with Gasteiger partial charge in [0.05, 0.1) is 24.5 Å². The van der Waals surface area contributed by atoms with Crippen LogP contribution in [0.15, 0.2) is 18.2 Å². The molecule has 0 bridgehead atoms. The van der Waals surface area contributed by atoms with Gasteiger partial charge in [0.25, 0.3) is 0 Å². The number of methoxy groups -OCH3 is 1. The zero-order valence-corrected chi connectivity index (χ0v) is 12.2. The van der Waals surface area contributed by atoms with E-state index in [1.54, 1.807) is 13.2 Å². The summed E-state index contributed by atoms with van der Waals surface area (Å²) in [5.41, 5.74) is 9.19. The first-order valence-electron chi connectivity index (χ1n) is 6.86. The molecule has 0 radical (unpaired) electrons. The van der Waals surface area contributed by atoms with Crippen molar-refractivity contribution in [2.24, 2.45) is 5.73 Å². The highest BCUT2D eigenvalue weighted by Gasteiger charge is 2.14. The number of hydrogen-bond donors (Lipinski definition) is 1. The molecular formula is C14H21N5O. The molecule has 0 spiro atoms. The molecule has 0 fully saturated rings. The Morgan fingerprint density at radius 2 is 2.10 bits per heavy atom. The third kappa shape index (κ3) is 3.14. The number of rotatable bonds is 6. The van der Waals surface area contributed by atoms with Crippen LogP contribution in [0.3, 0.4) is 0 Å². The summed E-state index contributed by atoms with van der Waals surface area (Å²) in [5, 5.41) is 12.6. The van der Waals surface area contributed by atoms with Crippen molar-refractivity contribution >= 4 is 0 Å². The molecule has 0 aromatic carbocycles. The van der Waals surface area contributed by atoms with Crippen LogP contribution in [0.1, 0.15) is 37.0 Å². The Kier molecular flexibility index (Phi) is 4.68. The Balaban J connectivity index is 2.13. The highest BCUT2D eigenvalue weighted by atomic mass is 16.5. The third-order valence-corrected chi connectivity index (χ3v) is 3.25. The van der Waals surface area contributed by atoms with Crippen LogP contribution in [0.4, 0.5) is 0 Å². The second-order valence-electron chi connectivity index (χ2n) is 4.61. The van der Waals surface area contributed by atoms with Crippen LogP contribution in [0.5, 0.6) is 5.88 Å². The summed E-state index contributed by atoms with van der Waals surface area (Å²) in [6.07, 6.45) is 1.62. The Morgan fingerprint density at radius 1 is 1.30 bits per heavy atom. The molecule has 0 saturated carbocycles. The normalized spacial score (nSPS) is 12.4. The van der Waals surface area contributed by atoms with E-state index < -0.39 is 0 Å². The first-order valence-corrected chi connectivity index (χ1v) is 6.86. The zero-order valence-electron chi connectivity index (χ0n) is 12.2. The van der Waals surface area contributed by atoms with Gasteiger partial charge in [-0.25, -0.2) is 0 Å². The van der Waals surface area contributed by atoms with Crippen molar-refractivity contribution in [3.05, 3.63) is 35.3 Å². The number of ether oxygens (including phenoxy) is 1. The SMILES string of the molecule is CCc1cc(CC(N)c2ccc(OC)nn2)n(CC)n1. The fourth-order valence-corrected chi connectivity index (χ4v) is 2.09. The lowest BCUT2D eigenvalue weighted by Gasteiger charge is -2.11. The van der Waals surface area contributed by atoms with Crippen molar-refractivity contribution in [2.75, 3.05) is 7.11 Å². The van der Waals surface area contributed by atoms with E-state index in [2.05, 4.69) is 35.2 Å². The second-order valence-corrected chi connectivity index (χ2v) is 4.61. The van der Waals surface area contributed by atoms with Crippen molar-refractivity contribution < 1.29 is 4.74 Å². The summed E-state index contributed by atoms with van der Waals surface area (Å²) in [6.45, 7) is 5.02. The highest BCUT2D eigenvalue weighted by molar-refractivity contribution is 5.18. The van der Waals surface area contributed by atoms with Crippen molar-refractivity contribution in [3.8, 4) is 5.88 Å². The number of nitrogens with zero attached hydrogens (tertiary/aromatic N) is 4. The van der Waals surface area contributed by atoms with E-state index in [0.29, 0.717) is 12.3 Å². The largest absolute Gasteiger partial charge is 0.480 e. The maximum absolute atomic E-state index is 6.21. The van der Waals surface area contributed by atoms with Gasteiger partial charge in [0, 0.05) is 24.7 Å². The van der Waals surface area contributed by atoms with E-state index in [9.17, 15) is 0 Å². The van der Waals surface area contributed by atoms with Crippen molar-refractivity contribution in [2.45, 2.75) is 39.3 Å². The Hall–Kier alpha value is -1.95. The van der Waals surface area contributed by atoms with Crippen molar-refractivity contribution in [1.82, 2.24) is 20.0 Å². The smallest absolute Gasteiger partial charge is 0.233 e. The van der Waals surface area contributed by atoms with Gasteiger partial charge >= 0.3 is 0 Å². The molecule has 6 nitrogen and oxygen atoms in total. The average Bonchev–Trinajstić information content (AvgIpc) is 2.89. The van der Waals surface area contributed by atoms with E-state index in [1.165, 1.54) is 0 Å². The minimum Gasteiger partial charge on any atom is -0.480 e. The lowest BCUT2D eigenvalue weighted by atomic mass is 10.1. The number of nitrogens with two attached hydrogens (primary N) is 1. The number of hydrogen-bond acceptors (Lipinski definition) is 5. The molecule has 6 heteroatoms. The van der Waals surface area contributed by atoms with Crippen LogP contribution in [0.25, 0.3) is 0 Å². The predicted octanol–water partition coefficient (Wildman–Crippen LogP) is 1.51. The lowest BCUT2D eigenvalue weighted by Crippen LogP contribution is -2.17. The molecule has 0 aliphatic heterocycles. The standard InChI is InChI=1S/C14H21N5O/c1-4-10-8-11(19(5-2)18-10)9-12(15)13-6-7-14(20-3)17-16-13/h6-8,12H,4-5,9,15H2,1-3H3. The molecule has 1 unspecified atom stereocenters. The minimum atomic E-state index is -0.194. The van der Waals surface area contributed by atoms with Crippen molar-refractivity contribution in [3.63, 3.8) is 0 Å². The Morgan fingerprint density at radius 3 is 2.65 bits per heavy atom. The molecule has 2 rings (SSSR count). The zero-order chi connectivity index (χ0) is 14.5. The topological polar surface area (TPSA) is 78.9 Å². The van der Waals surface area contributed by atoms with Gasteiger partial charge in [-0.05, 0) is 25.5 Å². The fraction of sp³-hybridized carbons (Fsp3) is 0.500. The molecule has 0 aliphatic carbocycles. The summed E-state index contributed by atoms with van der Waals surface area (Å²) in [6, 6.07) is 5.54. The summed E-state index contributed by atoms with van der Waals surface area (Å²) in [5.74, 6) is 0.493. The first kappa shape index (κ1) is 14.5. The molecule has 2 aromatic heterocycles. The molecule has 2 N–H and O–H groups in total. The quantitative estimate of drug-likeness (QED) is 0.864. The highest BCUT2D eigenvalue weighted by Crippen LogP contribution is 2.16. The molecule has 1 atom stereocenters. The predicted molar refractivity (Wildman–Crippen MR) is 76.5 cm³/mol. The molecule has 20 heavy (non-hydrogen) atoms. The second kappa shape index (κ2) is 6.47. The first-order chi connectivity index (χ1) is 9.67. The molecule has 108 valence electrons.